The van der Waals surface area contributed by atoms with Crippen LogP contribution < -0.4 is 0 Å². The van der Waals surface area contributed by atoms with E-state index in [1.54, 1.807) is 31.2 Å². The summed E-state index contributed by atoms with van der Waals surface area (Å²) in [6.45, 7) is 5.98. The summed E-state index contributed by atoms with van der Waals surface area (Å²) < 4.78 is 5.00. The van der Waals surface area contributed by atoms with Gasteiger partial charge in [-0.2, -0.15) is 0 Å². The molecular formula is C19H19ClO3. The monoisotopic (exact) mass is 330 g/mol. The Labute approximate surface area is 141 Å². The van der Waals surface area contributed by atoms with E-state index in [-0.39, 0.29) is 18.2 Å². The van der Waals surface area contributed by atoms with Gasteiger partial charge in [0.05, 0.1) is 13.0 Å². The molecule has 0 amide bonds. The number of ketones is 1. The van der Waals surface area contributed by atoms with Crippen LogP contribution in [-0.2, 0) is 16.0 Å². The fourth-order valence-electron chi connectivity index (χ4n) is 2.39. The highest BCUT2D eigenvalue weighted by Gasteiger charge is 2.18. The van der Waals surface area contributed by atoms with Gasteiger partial charge < -0.3 is 4.74 Å². The Hall–Kier alpha value is -2.13. The Bertz CT molecular complexity index is 750. The Kier molecular flexibility index (Phi) is 5.56. The standard InChI is InChI=1S/C19H19ClO3/c1-4-23-18(21)11-15-8-12(2)13(3)9-17(15)19(22)14-6-5-7-16(20)10-14/h5-10H,4,11H2,1-3H3. The Morgan fingerprint density at radius 3 is 2.43 bits per heavy atom. The molecule has 0 saturated heterocycles. The first-order valence-corrected chi connectivity index (χ1v) is 7.86. The molecule has 0 fully saturated rings. The normalized spacial score (nSPS) is 10.4. The molecule has 0 atom stereocenters. The van der Waals surface area contributed by atoms with E-state index in [2.05, 4.69) is 0 Å². The fourth-order valence-corrected chi connectivity index (χ4v) is 2.58. The van der Waals surface area contributed by atoms with Crippen molar-refractivity contribution in [1.82, 2.24) is 0 Å². The minimum atomic E-state index is -0.337. The highest BCUT2D eigenvalue weighted by molar-refractivity contribution is 6.31. The molecule has 23 heavy (non-hydrogen) atoms. The lowest BCUT2D eigenvalue weighted by Gasteiger charge is -2.12. The molecule has 120 valence electrons. The second kappa shape index (κ2) is 7.42. The summed E-state index contributed by atoms with van der Waals surface area (Å²) in [6.07, 6.45) is 0.0800. The van der Waals surface area contributed by atoms with E-state index in [0.717, 1.165) is 11.1 Å². The summed E-state index contributed by atoms with van der Waals surface area (Å²) >= 11 is 5.97. The van der Waals surface area contributed by atoms with Gasteiger partial charge in [-0.3, -0.25) is 9.59 Å². The van der Waals surface area contributed by atoms with Crippen molar-refractivity contribution in [3.8, 4) is 0 Å². The molecule has 0 aliphatic heterocycles. The first-order chi connectivity index (χ1) is 10.9. The summed E-state index contributed by atoms with van der Waals surface area (Å²) in [5, 5.41) is 0.506. The third-order valence-electron chi connectivity index (χ3n) is 3.69. The molecule has 0 aliphatic rings. The number of halogens is 1. The largest absolute Gasteiger partial charge is 0.466 e. The molecule has 0 radical (unpaired) electrons. The van der Waals surface area contributed by atoms with Crippen molar-refractivity contribution in [1.29, 1.82) is 0 Å². The molecule has 0 saturated carbocycles. The Morgan fingerprint density at radius 1 is 1.09 bits per heavy atom. The van der Waals surface area contributed by atoms with E-state index in [1.165, 1.54) is 0 Å². The van der Waals surface area contributed by atoms with Gasteiger partial charge in [0, 0.05) is 16.1 Å². The van der Waals surface area contributed by atoms with Gasteiger partial charge in [-0.15, -0.1) is 0 Å². The molecule has 0 aliphatic carbocycles. The van der Waals surface area contributed by atoms with Crippen LogP contribution in [0.4, 0.5) is 0 Å². The smallest absolute Gasteiger partial charge is 0.310 e. The van der Waals surface area contributed by atoms with E-state index in [9.17, 15) is 9.59 Å². The summed E-state index contributed by atoms with van der Waals surface area (Å²) in [5.41, 5.74) is 3.74. The maximum atomic E-state index is 12.8. The number of carbonyl (C=O) groups excluding carboxylic acids is 2. The van der Waals surface area contributed by atoms with Crippen molar-refractivity contribution < 1.29 is 14.3 Å². The van der Waals surface area contributed by atoms with Crippen LogP contribution in [-0.4, -0.2) is 18.4 Å². The fraction of sp³-hybridized carbons (Fsp3) is 0.263. The summed E-state index contributed by atoms with van der Waals surface area (Å²) in [6, 6.07) is 10.5. The number of hydrogen-bond donors (Lipinski definition) is 0. The molecule has 2 aromatic rings. The first-order valence-electron chi connectivity index (χ1n) is 7.48. The first kappa shape index (κ1) is 17.2. The summed E-state index contributed by atoms with van der Waals surface area (Å²) in [7, 11) is 0. The second-order valence-corrected chi connectivity index (χ2v) is 5.85. The number of hydrogen-bond acceptors (Lipinski definition) is 3. The maximum Gasteiger partial charge on any atom is 0.310 e. The van der Waals surface area contributed by atoms with Crippen molar-refractivity contribution in [3.63, 3.8) is 0 Å². The molecule has 0 spiro atoms. The lowest BCUT2D eigenvalue weighted by molar-refractivity contribution is -0.142. The second-order valence-electron chi connectivity index (χ2n) is 5.41. The van der Waals surface area contributed by atoms with Crippen molar-refractivity contribution >= 4 is 23.4 Å². The zero-order valence-electron chi connectivity index (χ0n) is 13.5. The minimum Gasteiger partial charge on any atom is -0.466 e. The highest BCUT2D eigenvalue weighted by Crippen LogP contribution is 2.22. The molecule has 0 N–H and O–H groups in total. The predicted molar refractivity (Wildman–Crippen MR) is 91.1 cm³/mol. The topological polar surface area (TPSA) is 43.4 Å². The van der Waals surface area contributed by atoms with Gasteiger partial charge in [-0.25, -0.2) is 0 Å². The molecule has 0 aromatic heterocycles. The van der Waals surface area contributed by atoms with Crippen molar-refractivity contribution in [2.24, 2.45) is 0 Å². The van der Waals surface area contributed by atoms with Crippen LogP contribution in [0.2, 0.25) is 5.02 Å². The van der Waals surface area contributed by atoms with E-state index in [4.69, 9.17) is 16.3 Å². The minimum absolute atomic E-state index is 0.0800. The lowest BCUT2D eigenvalue weighted by atomic mass is 9.92. The predicted octanol–water partition coefficient (Wildman–Crippen LogP) is 4.29. The van der Waals surface area contributed by atoms with Crippen LogP contribution in [0.15, 0.2) is 36.4 Å². The van der Waals surface area contributed by atoms with E-state index < -0.39 is 0 Å². The van der Waals surface area contributed by atoms with E-state index in [0.29, 0.717) is 28.3 Å². The average Bonchev–Trinajstić information content (AvgIpc) is 2.50. The SMILES string of the molecule is CCOC(=O)Cc1cc(C)c(C)cc1C(=O)c1cccc(Cl)c1. The average molecular weight is 331 g/mol. The number of ether oxygens (including phenoxy) is 1. The third kappa shape index (κ3) is 4.20. The van der Waals surface area contributed by atoms with Crippen LogP contribution in [0.25, 0.3) is 0 Å². The number of rotatable bonds is 5. The van der Waals surface area contributed by atoms with Crippen LogP contribution >= 0.6 is 11.6 Å². The van der Waals surface area contributed by atoms with Gasteiger partial charge in [0.2, 0.25) is 0 Å². The molecule has 3 nitrogen and oxygen atoms in total. The van der Waals surface area contributed by atoms with E-state index in [1.807, 2.05) is 26.0 Å². The summed E-state index contributed by atoms with van der Waals surface area (Å²) in [4.78, 5) is 24.6. The van der Waals surface area contributed by atoms with E-state index >= 15 is 0 Å². The maximum absolute atomic E-state index is 12.8. The van der Waals surface area contributed by atoms with Crippen LogP contribution in [0.5, 0.6) is 0 Å². The van der Waals surface area contributed by atoms with Crippen LogP contribution in [0.1, 0.15) is 39.5 Å². The zero-order chi connectivity index (χ0) is 17.0. The molecule has 0 bridgehead atoms. The Balaban J connectivity index is 2.45. The number of carbonyl (C=O) groups is 2. The van der Waals surface area contributed by atoms with Crippen molar-refractivity contribution in [2.45, 2.75) is 27.2 Å². The molecule has 0 heterocycles. The third-order valence-corrected chi connectivity index (χ3v) is 3.93. The molecule has 2 rings (SSSR count). The molecule has 4 heteroatoms. The van der Waals surface area contributed by atoms with Crippen molar-refractivity contribution in [3.05, 3.63) is 69.2 Å². The zero-order valence-corrected chi connectivity index (χ0v) is 14.2. The number of aryl methyl sites for hydroxylation is 2. The van der Waals surface area contributed by atoms with Gasteiger partial charge in [-0.05, 0) is 55.7 Å². The van der Waals surface area contributed by atoms with Gasteiger partial charge in [0.15, 0.2) is 5.78 Å². The van der Waals surface area contributed by atoms with Crippen molar-refractivity contribution in [2.75, 3.05) is 6.61 Å². The number of benzene rings is 2. The quantitative estimate of drug-likeness (QED) is 0.606. The van der Waals surface area contributed by atoms with Crippen LogP contribution in [0, 0.1) is 13.8 Å². The number of esters is 1. The lowest BCUT2D eigenvalue weighted by Crippen LogP contribution is -2.13. The molecule has 2 aromatic carbocycles. The van der Waals surface area contributed by atoms with Gasteiger partial charge in [-0.1, -0.05) is 29.8 Å². The molecule has 0 unspecified atom stereocenters. The molecular weight excluding hydrogens is 312 g/mol. The van der Waals surface area contributed by atoms with Gasteiger partial charge in [0.1, 0.15) is 0 Å². The van der Waals surface area contributed by atoms with Gasteiger partial charge >= 0.3 is 5.97 Å². The summed E-state index contributed by atoms with van der Waals surface area (Å²) in [5.74, 6) is -0.481. The highest BCUT2D eigenvalue weighted by atomic mass is 35.5. The van der Waals surface area contributed by atoms with Crippen LogP contribution in [0.3, 0.4) is 0 Å². The van der Waals surface area contributed by atoms with Gasteiger partial charge in [0.25, 0.3) is 0 Å². The Morgan fingerprint density at radius 2 is 1.78 bits per heavy atom.